The molecule has 0 bridgehead atoms. The number of nitrogens with one attached hydrogen (secondary N) is 1. The van der Waals surface area contributed by atoms with Crippen molar-refractivity contribution in [2.45, 2.75) is 18.1 Å². The van der Waals surface area contributed by atoms with Crippen molar-refractivity contribution in [2.75, 3.05) is 0 Å². The number of thiophene rings is 1. The van der Waals surface area contributed by atoms with Crippen LogP contribution >= 0.6 is 34.7 Å². The number of halogens is 1. The van der Waals surface area contributed by atoms with Crippen molar-refractivity contribution < 1.29 is 4.79 Å². The molecule has 3 nitrogen and oxygen atoms in total. The fourth-order valence-corrected chi connectivity index (χ4v) is 4.52. The third kappa shape index (κ3) is 3.78. The summed E-state index contributed by atoms with van der Waals surface area (Å²) in [6, 6.07) is 13.8. The topological polar surface area (TPSA) is 52.9 Å². The molecule has 1 aliphatic heterocycles. The minimum atomic E-state index is -0.143. The summed E-state index contributed by atoms with van der Waals surface area (Å²) < 4.78 is 0. The van der Waals surface area contributed by atoms with Crippen LogP contribution in [0.25, 0.3) is 0 Å². The number of hydrogen-bond donors (Lipinski definition) is 1. The third-order valence-electron chi connectivity index (χ3n) is 3.51. The zero-order chi connectivity index (χ0) is 16.2. The van der Waals surface area contributed by atoms with E-state index in [9.17, 15) is 10.1 Å². The highest BCUT2D eigenvalue weighted by Crippen LogP contribution is 2.38. The van der Waals surface area contributed by atoms with E-state index >= 15 is 0 Å². The summed E-state index contributed by atoms with van der Waals surface area (Å²) in [6.07, 6.45) is 0.324. The quantitative estimate of drug-likeness (QED) is 0.861. The molecule has 0 spiro atoms. The Balaban J connectivity index is 1.85. The van der Waals surface area contributed by atoms with Crippen molar-refractivity contribution in [3.05, 3.63) is 67.8 Å². The maximum Gasteiger partial charge on any atom is 0.225 e. The Morgan fingerprint density at radius 2 is 2.26 bits per heavy atom. The highest BCUT2D eigenvalue weighted by Gasteiger charge is 2.30. The van der Waals surface area contributed by atoms with E-state index in [1.807, 2.05) is 41.8 Å². The summed E-state index contributed by atoms with van der Waals surface area (Å²) in [4.78, 5) is 13.1. The van der Waals surface area contributed by atoms with Crippen LogP contribution in [0.4, 0.5) is 0 Å². The fraction of sp³-hybridized carbons (Fsp3) is 0.176. The zero-order valence-corrected chi connectivity index (χ0v) is 14.5. The summed E-state index contributed by atoms with van der Waals surface area (Å²) in [6.45, 7) is 0. The van der Waals surface area contributed by atoms with Crippen LogP contribution in [-0.2, 0) is 10.5 Å². The number of carbonyl (C=O) groups is 1. The molecule has 3 rings (SSSR count). The van der Waals surface area contributed by atoms with Crippen molar-refractivity contribution in [2.24, 2.45) is 0 Å². The van der Waals surface area contributed by atoms with Crippen molar-refractivity contribution in [3.8, 4) is 6.07 Å². The van der Waals surface area contributed by atoms with Crippen LogP contribution < -0.4 is 5.32 Å². The number of allylic oxidation sites excluding steroid dienone is 1. The Bertz CT molecular complexity index is 793. The van der Waals surface area contributed by atoms with Gasteiger partial charge in [0, 0.05) is 28.0 Å². The molecule has 1 N–H and O–H groups in total. The van der Waals surface area contributed by atoms with Crippen molar-refractivity contribution in [1.29, 1.82) is 5.26 Å². The largest absolute Gasteiger partial charge is 0.320 e. The lowest BCUT2D eigenvalue weighted by Crippen LogP contribution is -2.30. The highest BCUT2D eigenvalue weighted by molar-refractivity contribution is 8.02. The molecule has 0 aliphatic carbocycles. The number of benzene rings is 1. The van der Waals surface area contributed by atoms with Gasteiger partial charge in [0.15, 0.2) is 0 Å². The Hall–Kier alpha value is -1.74. The molecule has 116 valence electrons. The average molecular weight is 361 g/mol. The highest BCUT2D eigenvalue weighted by atomic mass is 35.5. The van der Waals surface area contributed by atoms with Crippen LogP contribution in [0.2, 0.25) is 5.02 Å². The molecular weight excluding hydrogens is 348 g/mol. The van der Waals surface area contributed by atoms with Gasteiger partial charge in [-0.15, -0.1) is 23.1 Å². The molecule has 1 amide bonds. The lowest BCUT2D eigenvalue weighted by atomic mass is 9.93. The van der Waals surface area contributed by atoms with Crippen LogP contribution in [0.5, 0.6) is 0 Å². The molecule has 0 radical (unpaired) electrons. The first-order chi connectivity index (χ1) is 11.2. The number of rotatable bonds is 4. The van der Waals surface area contributed by atoms with E-state index in [2.05, 4.69) is 11.4 Å². The molecule has 1 atom stereocenters. The first-order valence-corrected chi connectivity index (χ1v) is 9.26. The van der Waals surface area contributed by atoms with Crippen LogP contribution in [-0.4, -0.2) is 5.91 Å². The summed E-state index contributed by atoms with van der Waals surface area (Å²) in [7, 11) is 0. The van der Waals surface area contributed by atoms with E-state index in [1.54, 1.807) is 11.3 Å². The van der Waals surface area contributed by atoms with E-state index < -0.39 is 0 Å². The maximum atomic E-state index is 12.0. The van der Waals surface area contributed by atoms with Gasteiger partial charge >= 0.3 is 0 Å². The first-order valence-electron chi connectivity index (χ1n) is 7.02. The molecule has 1 aliphatic rings. The first kappa shape index (κ1) is 16.1. The lowest BCUT2D eigenvalue weighted by molar-refractivity contribution is -0.120. The minimum Gasteiger partial charge on any atom is -0.320 e. The summed E-state index contributed by atoms with van der Waals surface area (Å²) in [5.41, 5.74) is 1.69. The summed E-state index contributed by atoms with van der Waals surface area (Å²) in [5.74, 6) is 0.463. The molecule has 0 fully saturated rings. The minimum absolute atomic E-state index is 0.0454. The monoisotopic (exact) mass is 360 g/mol. The van der Waals surface area contributed by atoms with E-state index in [0.29, 0.717) is 27.8 Å². The Kier molecular flexibility index (Phi) is 5.06. The number of hydrogen-bond acceptors (Lipinski definition) is 4. The standard InChI is InChI=1S/C17H13ClN2OS2/c18-12-4-1-3-11(7-12)10-23-17-14(9-19)13(8-16(21)20-17)15-5-2-6-22-15/h1-7,13H,8,10H2,(H,20,21)/t13-/m1/s1. The van der Waals surface area contributed by atoms with Crippen LogP contribution in [0.3, 0.4) is 0 Å². The number of carbonyl (C=O) groups excluding carboxylic acids is 1. The molecule has 1 aromatic heterocycles. The van der Waals surface area contributed by atoms with Gasteiger partial charge < -0.3 is 5.32 Å². The predicted octanol–water partition coefficient (Wildman–Crippen LogP) is 4.67. The van der Waals surface area contributed by atoms with Crippen LogP contribution in [0.1, 0.15) is 22.8 Å². The van der Waals surface area contributed by atoms with Gasteiger partial charge in [-0.05, 0) is 29.1 Å². The second-order valence-electron chi connectivity index (χ2n) is 5.09. The molecule has 2 aromatic rings. The second kappa shape index (κ2) is 7.22. The summed E-state index contributed by atoms with van der Waals surface area (Å²) >= 11 is 9.04. The molecule has 0 unspecified atom stereocenters. The van der Waals surface area contributed by atoms with Gasteiger partial charge in [-0.1, -0.05) is 29.8 Å². The van der Waals surface area contributed by atoms with E-state index in [1.165, 1.54) is 11.8 Å². The number of thioether (sulfide) groups is 1. The van der Waals surface area contributed by atoms with E-state index in [0.717, 1.165) is 10.4 Å². The van der Waals surface area contributed by atoms with E-state index in [4.69, 9.17) is 11.6 Å². The van der Waals surface area contributed by atoms with Gasteiger partial charge in [0.1, 0.15) is 0 Å². The lowest BCUT2D eigenvalue weighted by Gasteiger charge is -2.24. The average Bonchev–Trinajstić information content (AvgIpc) is 3.06. The number of amides is 1. The second-order valence-corrected chi connectivity index (χ2v) is 7.49. The van der Waals surface area contributed by atoms with Gasteiger partial charge in [0.25, 0.3) is 0 Å². The summed E-state index contributed by atoms with van der Waals surface area (Å²) in [5, 5.41) is 15.7. The smallest absolute Gasteiger partial charge is 0.225 e. The van der Waals surface area contributed by atoms with Crippen LogP contribution in [0.15, 0.2) is 52.4 Å². The van der Waals surface area contributed by atoms with Gasteiger partial charge in [0.05, 0.1) is 16.7 Å². The Labute approximate surface area is 148 Å². The van der Waals surface area contributed by atoms with Crippen LogP contribution in [0, 0.1) is 11.3 Å². The molecular formula is C17H13ClN2OS2. The van der Waals surface area contributed by atoms with Gasteiger partial charge in [-0.25, -0.2) is 0 Å². The van der Waals surface area contributed by atoms with Gasteiger partial charge in [0.2, 0.25) is 5.91 Å². The van der Waals surface area contributed by atoms with Gasteiger partial charge in [-0.2, -0.15) is 5.26 Å². The molecule has 0 saturated carbocycles. The number of nitrogens with zero attached hydrogens (tertiary/aromatic N) is 1. The molecule has 0 saturated heterocycles. The van der Waals surface area contributed by atoms with Crippen molar-refractivity contribution in [3.63, 3.8) is 0 Å². The fourth-order valence-electron chi connectivity index (χ4n) is 2.45. The van der Waals surface area contributed by atoms with Crippen molar-refractivity contribution >= 4 is 40.6 Å². The molecule has 1 aromatic carbocycles. The van der Waals surface area contributed by atoms with E-state index in [-0.39, 0.29) is 11.8 Å². The molecule has 2 heterocycles. The normalized spacial score (nSPS) is 17.7. The van der Waals surface area contributed by atoms with Crippen molar-refractivity contribution in [1.82, 2.24) is 5.32 Å². The molecule has 23 heavy (non-hydrogen) atoms. The Morgan fingerprint density at radius 1 is 1.39 bits per heavy atom. The Morgan fingerprint density at radius 3 is 2.96 bits per heavy atom. The molecule has 6 heteroatoms. The zero-order valence-electron chi connectivity index (χ0n) is 12.1. The maximum absolute atomic E-state index is 12.0. The predicted molar refractivity (Wildman–Crippen MR) is 95.2 cm³/mol. The number of nitriles is 1. The SMILES string of the molecule is N#CC1=C(SCc2cccc(Cl)c2)NC(=O)C[C@H]1c1cccs1. The van der Waals surface area contributed by atoms with Gasteiger partial charge in [-0.3, -0.25) is 4.79 Å². The third-order valence-corrected chi connectivity index (χ3v) is 5.82.